The van der Waals surface area contributed by atoms with Crippen LogP contribution in [0, 0.1) is 5.92 Å². The fourth-order valence-corrected chi connectivity index (χ4v) is 5.13. The quantitative estimate of drug-likeness (QED) is 0.619. The topological polar surface area (TPSA) is 102 Å². The molecule has 3 saturated heterocycles. The van der Waals surface area contributed by atoms with Gasteiger partial charge in [0.1, 0.15) is 6.04 Å². The SMILES string of the molecule is Cl.O=C1CCC(N2C(=O)c3ccc(N4CC[C@H](CN5CCNCC5)C4)cc3C2=O)C(=O)N1. The lowest BCUT2D eigenvalue weighted by molar-refractivity contribution is -0.136. The molecule has 172 valence electrons. The average Bonchev–Trinajstić information content (AvgIpc) is 3.32. The molecule has 10 heteroatoms. The van der Waals surface area contributed by atoms with Gasteiger partial charge in [-0.25, -0.2) is 0 Å². The van der Waals surface area contributed by atoms with Crippen molar-refractivity contribution in [1.82, 2.24) is 20.4 Å². The highest BCUT2D eigenvalue weighted by Gasteiger charge is 2.44. The summed E-state index contributed by atoms with van der Waals surface area (Å²) in [6.07, 6.45) is 1.40. The Bertz CT molecular complexity index is 948. The monoisotopic (exact) mass is 461 g/mol. The number of nitrogens with zero attached hydrogens (tertiary/aromatic N) is 3. The van der Waals surface area contributed by atoms with Gasteiger partial charge in [0, 0.05) is 57.9 Å². The number of piperidine rings is 1. The number of imide groups is 2. The number of halogens is 1. The summed E-state index contributed by atoms with van der Waals surface area (Å²) in [5.74, 6) is -1.28. The average molecular weight is 462 g/mol. The van der Waals surface area contributed by atoms with E-state index in [1.807, 2.05) is 6.07 Å². The largest absolute Gasteiger partial charge is 0.371 e. The van der Waals surface area contributed by atoms with E-state index in [0.717, 1.165) is 62.8 Å². The van der Waals surface area contributed by atoms with Gasteiger partial charge in [0.2, 0.25) is 11.8 Å². The van der Waals surface area contributed by atoms with Crippen molar-refractivity contribution >= 4 is 41.7 Å². The zero-order valence-corrected chi connectivity index (χ0v) is 18.7. The highest BCUT2D eigenvalue weighted by atomic mass is 35.5. The molecule has 1 aromatic carbocycles. The maximum Gasteiger partial charge on any atom is 0.262 e. The van der Waals surface area contributed by atoms with E-state index >= 15 is 0 Å². The summed E-state index contributed by atoms with van der Waals surface area (Å²) in [7, 11) is 0. The molecule has 4 amide bonds. The number of amides is 4. The van der Waals surface area contributed by atoms with Crippen LogP contribution >= 0.6 is 12.4 Å². The number of nitrogens with one attached hydrogen (secondary N) is 2. The van der Waals surface area contributed by atoms with Gasteiger partial charge in [0.05, 0.1) is 11.1 Å². The van der Waals surface area contributed by atoms with Gasteiger partial charge in [-0.05, 0) is 37.0 Å². The van der Waals surface area contributed by atoms with E-state index in [0.29, 0.717) is 17.0 Å². The van der Waals surface area contributed by atoms with Gasteiger partial charge >= 0.3 is 0 Å². The van der Waals surface area contributed by atoms with Crippen LogP contribution in [0.5, 0.6) is 0 Å². The Labute approximate surface area is 192 Å². The molecule has 4 aliphatic rings. The molecule has 0 aromatic heterocycles. The Hall–Kier alpha value is -2.49. The van der Waals surface area contributed by atoms with Crippen LogP contribution in [-0.4, -0.2) is 85.3 Å². The lowest BCUT2D eigenvalue weighted by atomic mass is 10.0. The van der Waals surface area contributed by atoms with E-state index in [1.165, 1.54) is 0 Å². The second-order valence-electron chi connectivity index (χ2n) is 8.83. The maximum atomic E-state index is 13.0. The van der Waals surface area contributed by atoms with Gasteiger partial charge in [0.15, 0.2) is 0 Å². The number of anilines is 1. The first kappa shape index (κ1) is 22.7. The minimum absolute atomic E-state index is 0. The third-order valence-corrected chi connectivity index (χ3v) is 6.80. The van der Waals surface area contributed by atoms with Gasteiger partial charge in [-0.3, -0.25) is 29.4 Å². The van der Waals surface area contributed by atoms with Gasteiger partial charge in [-0.15, -0.1) is 12.4 Å². The van der Waals surface area contributed by atoms with E-state index in [9.17, 15) is 19.2 Å². The zero-order valence-electron chi connectivity index (χ0n) is 17.8. The first-order chi connectivity index (χ1) is 15.0. The van der Waals surface area contributed by atoms with E-state index < -0.39 is 23.8 Å². The predicted molar refractivity (Wildman–Crippen MR) is 120 cm³/mol. The lowest BCUT2D eigenvalue weighted by Crippen LogP contribution is -2.54. The van der Waals surface area contributed by atoms with Crippen LogP contribution in [0.15, 0.2) is 18.2 Å². The molecule has 0 radical (unpaired) electrons. The van der Waals surface area contributed by atoms with Crippen molar-refractivity contribution in [1.29, 1.82) is 0 Å². The van der Waals surface area contributed by atoms with Crippen LogP contribution in [0.2, 0.25) is 0 Å². The summed E-state index contributed by atoms with van der Waals surface area (Å²) in [6.45, 7) is 7.20. The number of benzene rings is 1. The van der Waals surface area contributed by atoms with Gasteiger partial charge in [0.25, 0.3) is 11.8 Å². The second kappa shape index (κ2) is 9.17. The third-order valence-electron chi connectivity index (χ3n) is 6.80. The normalized spacial score (nSPS) is 26.2. The van der Waals surface area contributed by atoms with Crippen molar-refractivity contribution in [2.75, 3.05) is 50.7 Å². The molecule has 5 rings (SSSR count). The summed E-state index contributed by atoms with van der Waals surface area (Å²) in [4.78, 5) is 55.3. The van der Waals surface area contributed by atoms with Gasteiger partial charge in [-0.2, -0.15) is 0 Å². The van der Waals surface area contributed by atoms with E-state index in [2.05, 4.69) is 20.4 Å². The number of piperazine rings is 1. The van der Waals surface area contributed by atoms with Crippen molar-refractivity contribution in [3.8, 4) is 0 Å². The van der Waals surface area contributed by atoms with Gasteiger partial charge < -0.3 is 15.1 Å². The van der Waals surface area contributed by atoms with Crippen LogP contribution in [0.4, 0.5) is 5.69 Å². The minimum Gasteiger partial charge on any atom is -0.371 e. The molecule has 1 unspecified atom stereocenters. The minimum atomic E-state index is -0.927. The fraction of sp³-hybridized carbons (Fsp3) is 0.545. The molecule has 32 heavy (non-hydrogen) atoms. The number of fused-ring (bicyclic) bond motifs is 1. The summed E-state index contributed by atoms with van der Waals surface area (Å²) in [5, 5.41) is 5.61. The van der Waals surface area contributed by atoms with Crippen molar-refractivity contribution in [3.05, 3.63) is 29.3 Å². The Kier molecular flexibility index (Phi) is 6.50. The fourth-order valence-electron chi connectivity index (χ4n) is 5.13. The Balaban J connectivity index is 0.00000245. The number of carbonyl (C=O) groups excluding carboxylic acids is 4. The molecule has 9 nitrogen and oxygen atoms in total. The number of rotatable bonds is 4. The number of carbonyl (C=O) groups is 4. The summed E-state index contributed by atoms with van der Waals surface area (Å²) in [5.41, 5.74) is 1.61. The first-order valence-electron chi connectivity index (χ1n) is 11.0. The molecule has 4 aliphatic heterocycles. The van der Waals surface area contributed by atoms with Gasteiger partial charge in [-0.1, -0.05) is 0 Å². The molecule has 1 aromatic rings. The second-order valence-corrected chi connectivity index (χ2v) is 8.83. The zero-order chi connectivity index (χ0) is 21.5. The van der Waals surface area contributed by atoms with Crippen molar-refractivity contribution in [2.24, 2.45) is 5.92 Å². The van der Waals surface area contributed by atoms with E-state index in [4.69, 9.17) is 0 Å². The van der Waals surface area contributed by atoms with Crippen molar-refractivity contribution in [3.63, 3.8) is 0 Å². The number of hydrogen-bond acceptors (Lipinski definition) is 7. The highest BCUT2D eigenvalue weighted by molar-refractivity contribution is 6.23. The summed E-state index contributed by atoms with van der Waals surface area (Å²) < 4.78 is 0. The summed E-state index contributed by atoms with van der Waals surface area (Å²) in [6, 6.07) is 4.45. The molecule has 0 spiro atoms. The summed E-state index contributed by atoms with van der Waals surface area (Å²) >= 11 is 0. The first-order valence-corrected chi connectivity index (χ1v) is 11.0. The lowest BCUT2D eigenvalue weighted by Gasteiger charge is -2.29. The Morgan fingerprint density at radius 3 is 2.44 bits per heavy atom. The van der Waals surface area contributed by atoms with Crippen molar-refractivity contribution < 1.29 is 19.2 Å². The van der Waals surface area contributed by atoms with E-state index in [1.54, 1.807) is 12.1 Å². The Morgan fingerprint density at radius 1 is 0.938 bits per heavy atom. The van der Waals surface area contributed by atoms with Crippen LogP contribution in [0.3, 0.4) is 0 Å². The standard InChI is InChI=1S/C22H27N5O4.ClH/c28-19-4-3-18(20(29)24-19)27-21(30)16-2-1-15(11-17(16)22(27)31)26-8-5-14(13-26)12-25-9-6-23-7-10-25;/h1-2,11,14,18,23H,3-10,12-13H2,(H,24,28,29);1H/t14-,18?;/m1./s1. The predicted octanol–water partition coefficient (Wildman–Crippen LogP) is 0.241. The molecule has 0 aliphatic carbocycles. The molecular formula is C22H28ClN5O4. The van der Waals surface area contributed by atoms with Crippen LogP contribution in [0.1, 0.15) is 40.0 Å². The molecule has 2 atom stereocenters. The number of hydrogen-bond donors (Lipinski definition) is 2. The molecular weight excluding hydrogens is 434 g/mol. The van der Waals surface area contributed by atoms with Crippen LogP contribution in [-0.2, 0) is 9.59 Å². The Morgan fingerprint density at radius 2 is 1.69 bits per heavy atom. The molecule has 4 heterocycles. The smallest absolute Gasteiger partial charge is 0.262 e. The molecule has 0 bridgehead atoms. The molecule has 3 fully saturated rings. The van der Waals surface area contributed by atoms with Crippen molar-refractivity contribution in [2.45, 2.75) is 25.3 Å². The van der Waals surface area contributed by atoms with Crippen LogP contribution < -0.4 is 15.5 Å². The molecule has 0 saturated carbocycles. The molecule has 2 N–H and O–H groups in total. The van der Waals surface area contributed by atoms with Crippen LogP contribution in [0.25, 0.3) is 0 Å². The third kappa shape index (κ3) is 4.12. The maximum absolute atomic E-state index is 13.0. The highest BCUT2D eigenvalue weighted by Crippen LogP contribution is 2.32. The van der Waals surface area contributed by atoms with E-state index in [-0.39, 0.29) is 31.2 Å².